The summed E-state index contributed by atoms with van der Waals surface area (Å²) in [6.07, 6.45) is 0. The molecule has 0 spiro atoms. The minimum atomic E-state index is 0. The molecule has 0 heterocycles. The molecule has 6 nitrogen and oxygen atoms in total. The maximum atomic E-state index is 3.03. The molecule has 0 saturated heterocycles. The topological polar surface area (TPSA) is 72.2 Å². The van der Waals surface area contributed by atoms with Crippen molar-refractivity contribution in [1.29, 1.82) is 0 Å². The van der Waals surface area contributed by atoms with Gasteiger partial charge in [0.1, 0.15) is 0 Å². The zero-order valence-electron chi connectivity index (χ0n) is 15.0. The maximum Gasteiger partial charge on any atom is 0.0670 e. The van der Waals surface area contributed by atoms with E-state index in [1.54, 1.807) is 0 Å². The molecule has 0 aromatic carbocycles. The molecule has 0 aliphatic heterocycles. The normalized spacial score (nSPS) is 8.00. The Kier molecular flexibility index (Phi) is 192. The second-order valence-electron chi connectivity index (χ2n) is 3.00. The monoisotopic (exact) mass is 464 g/mol. The molecule has 0 bridgehead atoms. The summed E-state index contributed by atoms with van der Waals surface area (Å²) in [5.74, 6) is 0. The van der Waals surface area contributed by atoms with Crippen LogP contribution in [-0.4, -0.2) is 125 Å². The van der Waals surface area contributed by atoms with Gasteiger partial charge < -0.3 is 27.9 Å². The van der Waals surface area contributed by atoms with Gasteiger partial charge >= 0.3 is 0 Å². The molecule has 18 heteroatoms. The lowest BCUT2D eigenvalue weighted by Crippen LogP contribution is -1.97. The van der Waals surface area contributed by atoms with Crippen molar-refractivity contribution in [2.24, 2.45) is 0 Å². The standard InChI is InChI=1S/6H7NSi2.H2/c6*2-1-3;/h6*1H,2-3H3;1H. The van der Waals surface area contributed by atoms with Crippen molar-refractivity contribution >= 4 is 125 Å². The Morgan fingerprint density at radius 3 is 0.278 bits per heavy atom. The number of hydrogen-bond acceptors (Lipinski definition) is 6. The highest BCUT2D eigenvalue weighted by molar-refractivity contribution is 6.26. The third-order valence-corrected chi connectivity index (χ3v) is 0. The van der Waals surface area contributed by atoms with E-state index in [4.69, 9.17) is 0 Å². The number of hydrogen-bond donors (Lipinski definition) is 6. The zero-order chi connectivity index (χ0) is 16.2. The molecule has 122 valence electrons. The van der Waals surface area contributed by atoms with Crippen molar-refractivity contribution in [2.45, 2.75) is 0 Å². The predicted octanol–water partition coefficient (Wildman–Crippen LogP) is -16.9. The summed E-state index contributed by atoms with van der Waals surface area (Å²) in [6, 6.07) is 0. The highest BCUT2D eigenvalue weighted by Gasteiger charge is 1.29. The second-order valence-corrected chi connectivity index (χ2v) is 27.0. The van der Waals surface area contributed by atoms with Gasteiger partial charge in [0.2, 0.25) is 0 Å². The van der Waals surface area contributed by atoms with Gasteiger partial charge in [0.25, 0.3) is 0 Å². The van der Waals surface area contributed by atoms with Gasteiger partial charge in [-0.1, -0.05) is 0 Å². The van der Waals surface area contributed by atoms with E-state index in [2.05, 4.69) is 27.9 Å². The highest BCUT2D eigenvalue weighted by atomic mass is 28.2. The third-order valence-electron chi connectivity index (χ3n) is 0. The number of rotatable bonds is 0. The maximum absolute atomic E-state index is 3.03. The van der Waals surface area contributed by atoms with Crippen LogP contribution in [0.2, 0.25) is 0 Å². The lowest BCUT2D eigenvalue weighted by Gasteiger charge is -1.58. The molecule has 6 N–H and O–H groups in total. The smallest absolute Gasteiger partial charge is 0.0670 e. The van der Waals surface area contributed by atoms with E-state index in [9.17, 15) is 0 Å². The van der Waals surface area contributed by atoms with Gasteiger partial charge in [-0.05, 0) is 0 Å². The lowest BCUT2D eigenvalue weighted by atomic mass is 13.9. The summed E-state index contributed by atoms with van der Waals surface area (Å²) in [5, 5.41) is 0. The summed E-state index contributed by atoms with van der Waals surface area (Å²) in [7, 11) is 14.2. The summed E-state index contributed by atoms with van der Waals surface area (Å²) in [5.41, 5.74) is 0. The van der Waals surface area contributed by atoms with Crippen LogP contribution in [0.1, 0.15) is 1.43 Å². The minimum Gasteiger partial charge on any atom is -0.374 e. The van der Waals surface area contributed by atoms with Gasteiger partial charge in [-0.25, -0.2) is 0 Å². The van der Waals surface area contributed by atoms with Gasteiger partial charge in [0.15, 0.2) is 0 Å². The van der Waals surface area contributed by atoms with Crippen LogP contribution in [0.3, 0.4) is 0 Å². The molecule has 0 aliphatic carbocycles. The van der Waals surface area contributed by atoms with Crippen molar-refractivity contribution in [3.63, 3.8) is 0 Å². The molecule has 0 fully saturated rings. The van der Waals surface area contributed by atoms with Gasteiger partial charge in [-0.15, -0.1) is 0 Å². The second kappa shape index (κ2) is 93.4. The molecule has 0 aromatic rings. The molecule has 0 aliphatic rings. The van der Waals surface area contributed by atoms with Crippen molar-refractivity contribution in [1.82, 2.24) is 27.9 Å². The van der Waals surface area contributed by atoms with Crippen LogP contribution in [0.5, 0.6) is 0 Å². The average molecular weight is 465 g/mol. The molecule has 0 atom stereocenters. The van der Waals surface area contributed by atoms with Crippen LogP contribution >= 0.6 is 0 Å². The average Bonchev–Trinajstić information content (AvgIpc) is 2.23. The van der Waals surface area contributed by atoms with Crippen LogP contribution in [0.15, 0.2) is 0 Å². The Morgan fingerprint density at radius 1 is 0.278 bits per heavy atom. The molecule has 0 aromatic heterocycles. The van der Waals surface area contributed by atoms with Gasteiger partial charge in [0.05, 0.1) is 125 Å². The van der Waals surface area contributed by atoms with Crippen molar-refractivity contribution in [2.75, 3.05) is 0 Å². The number of nitrogens with one attached hydrogen (secondary N) is 6. The molecular formula is H44N6Si12. The SMILES string of the molecule is [HH].[SiH3]N[SiH3].[SiH3]N[SiH3].[SiH3]N[SiH3].[SiH3]N[SiH3].[SiH3]N[SiH3].[SiH3]N[SiH3]. The van der Waals surface area contributed by atoms with E-state index in [-0.39, 0.29) is 1.43 Å². The van der Waals surface area contributed by atoms with E-state index < -0.39 is 0 Å². The Hall–Kier alpha value is 2.36. The molecule has 0 rings (SSSR count). The van der Waals surface area contributed by atoms with E-state index in [1.165, 1.54) is 125 Å². The quantitative estimate of drug-likeness (QED) is 0.200. The zero-order valence-corrected chi connectivity index (χ0v) is 39.0. The first-order valence-electron chi connectivity index (χ1n) is 6.00. The summed E-state index contributed by atoms with van der Waals surface area (Å²) in [4.78, 5) is 0. The van der Waals surface area contributed by atoms with E-state index in [0.29, 0.717) is 0 Å². The van der Waals surface area contributed by atoms with Crippen molar-refractivity contribution in [3.8, 4) is 0 Å². The Bertz CT molecular complexity index is 37.7. The minimum absolute atomic E-state index is 0. The largest absolute Gasteiger partial charge is 0.374 e. The van der Waals surface area contributed by atoms with E-state index in [0.717, 1.165) is 0 Å². The first-order chi connectivity index (χ1) is 8.49. The van der Waals surface area contributed by atoms with Crippen LogP contribution < -0.4 is 27.9 Å². The summed E-state index contributed by atoms with van der Waals surface area (Å²) >= 11 is 0. The third kappa shape index (κ3) is 992. The van der Waals surface area contributed by atoms with Crippen LogP contribution in [-0.2, 0) is 0 Å². The molecule has 0 saturated carbocycles. The Labute approximate surface area is 153 Å². The fourth-order valence-electron chi connectivity index (χ4n) is 0. The van der Waals surface area contributed by atoms with Crippen molar-refractivity contribution in [3.05, 3.63) is 0 Å². The summed E-state index contributed by atoms with van der Waals surface area (Å²) < 4.78 is 18.2. The molecular weight excluding hydrogens is 421 g/mol. The van der Waals surface area contributed by atoms with Crippen molar-refractivity contribution < 1.29 is 1.43 Å². The predicted molar refractivity (Wildman–Crippen MR) is 140 cm³/mol. The fourth-order valence-corrected chi connectivity index (χ4v) is 0. The molecule has 0 amide bonds. The Balaban J connectivity index is -0.0000000180. The van der Waals surface area contributed by atoms with E-state index in [1.807, 2.05) is 0 Å². The first-order valence-corrected chi connectivity index (χ1v) is 18.0. The van der Waals surface area contributed by atoms with E-state index >= 15 is 0 Å². The van der Waals surface area contributed by atoms with Crippen LogP contribution in [0.25, 0.3) is 0 Å². The Morgan fingerprint density at radius 2 is 0.278 bits per heavy atom. The summed E-state index contributed by atoms with van der Waals surface area (Å²) in [6.45, 7) is 0. The highest BCUT2D eigenvalue weighted by Crippen LogP contribution is 0.894. The molecule has 0 unspecified atom stereocenters. The van der Waals surface area contributed by atoms with Gasteiger partial charge in [-0.3, -0.25) is 0 Å². The first kappa shape index (κ1) is 37.0. The lowest BCUT2D eigenvalue weighted by molar-refractivity contribution is 1.68. The molecule has 0 radical (unpaired) electrons. The van der Waals surface area contributed by atoms with Gasteiger partial charge in [0, 0.05) is 1.43 Å². The molecule has 18 heavy (non-hydrogen) atoms. The fraction of sp³-hybridized carbons (Fsp3) is 0. The van der Waals surface area contributed by atoms with Crippen LogP contribution in [0, 0.1) is 0 Å². The van der Waals surface area contributed by atoms with Crippen LogP contribution in [0.4, 0.5) is 0 Å². The van der Waals surface area contributed by atoms with Gasteiger partial charge in [-0.2, -0.15) is 0 Å².